The minimum atomic E-state index is -1.28. The summed E-state index contributed by atoms with van der Waals surface area (Å²) in [7, 11) is 1.82. The molecule has 0 aliphatic carbocycles. The van der Waals surface area contributed by atoms with Crippen LogP contribution in [0.3, 0.4) is 0 Å². The largest absolute Gasteiger partial charge is 0.478 e. The van der Waals surface area contributed by atoms with Crippen molar-refractivity contribution in [3.05, 3.63) is 35.1 Å². The first-order valence-electron chi connectivity index (χ1n) is 4.81. The summed E-state index contributed by atoms with van der Waals surface area (Å²) in [6, 6.07) is 3.82. The number of rotatable bonds is 3. The molecule has 0 unspecified atom stereocenters. The molecule has 0 spiro atoms. The summed E-state index contributed by atoms with van der Waals surface area (Å²) in [5, 5.41) is 11.6. The normalized spacial score (nSPS) is 9.38. The van der Waals surface area contributed by atoms with Gasteiger partial charge in [0.05, 0.1) is 5.56 Å². The molecule has 2 N–H and O–H groups in total. The highest BCUT2D eigenvalue weighted by molar-refractivity contribution is 5.88. The van der Waals surface area contributed by atoms with Gasteiger partial charge in [0.25, 0.3) is 0 Å². The van der Waals surface area contributed by atoms with Gasteiger partial charge in [0, 0.05) is 18.5 Å². The van der Waals surface area contributed by atoms with E-state index >= 15 is 0 Å². The molecule has 0 amide bonds. The smallest absolute Gasteiger partial charge is 0.338 e. The number of hydrogen-bond donors (Lipinski definition) is 2. The zero-order chi connectivity index (χ0) is 12.0. The molecule has 1 aromatic rings. The molecule has 0 bridgehead atoms. The molecule has 3 nitrogen and oxygen atoms in total. The zero-order valence-corrected chi connectivity index (χ0v) is 8.88. The molecule has 0 aliphatic rings. The summed E-state index contributed by atoms with van der Waals surface area (Å²) < 4.78 is 13.0. The lowest BCUT2D eigenvalue weighted by molar-refractivity contribution is 0.0692. The topological polar surface area (TPSA) is 49.3 Å². The SMILES string of the molecule is CNCCC#Cc1ccc(F)c(C(=O)O)c1. The number of halogens is 1. The van der Waals surface area contributed by atoms with Gasteiger partial charge in [-0.25, -0.2) is 9.18 Å². The molecule has 0 atom stereocenters. The number of nitrogens with one attached hydrogen (secondary N) is 1. The summed E-state index contributed by atoms with van der Waals surface area (Å²) in [4.78, 5) is 10.7. The third-order valence-corrected chi connectivity index (χ3v) is 1.93. The molecule has 0 saturated carbocycles. The second kappa shape index (κ2) is 5.89. The van der Waals surface area contributed by atoms with Gasteiger partial charge in [-0.2, -0.15) is 0 Å². The van der Waals surface area contributed by atoms with Crippen LogP contribution in [-0.4, -0.2) is 24.7 Å². The average molecular weight is 221 g/mol. The van der Waals surface area contributed by atoms with Gasteiger partial charge in [-0.05, 0) is 25.2 Å². The first-order chi connectivity index (χ1) is 7.65. The van der Waals surface area contributed by atoms with E-state index in [0.29, 0.717) is 12.0 Å². The van der Waals surface area contributed by atoms with Crippen LogP contribution in [-0.2, 0) is 0 Å². The highest BCUT2D eigenvalue weighted by atomic mass is 19.1. The van der Waals surface area contributed by atoms with Gasteiger partial charge in [0.15, 0.2) is 0 Å². The van der Waals surface area contributed by atoms with Gasteiger partial charge in [0.1, 0.15) is 5.82 Å². The molecule has 0 aromatic heterocycles. The Labute approximate surface area is 93.3 Å². The zero-order valence-electron chi connectivity index (χ0n) is 8.88. The maximum absolute atomic E-state index is 13.0. The molecular weight excluding hydrogens is 209 g/mol. The standard InChI is InChI=1S/C12H12FNO2/c1-14-7-3-2-4-9-5-6-11(13)10(8-9)12(15)16/h5-6,8,14H,3,7H2,1H3,(H,15,16). The van der Waals surface area contributed by atoms with Gasteiger partial charge in [-0.1, -0.05) is 11.8 Å². The van der Waals surface area contributed by atoms with E-state index in [-0.39, 0.29) is 5.56 Å². The molecular formula is C12H12FNO2. The maximum Gasteiger partial charge on any atom is 0.338 e. The van der Waals surface area contributed by atoms with Crippen molar-refractivity contribution >= 4 is 5.97 Å². The molecule has 84 valence electrons. The Morgan fingerprint density at radius 1 is 1.56 bits per heavy atom. The third kappa shape index (κ3) is 3.37. The third-order valence-electron chi connectivity index (χ3n) is 1.93. The lowest BCUT2D eigenvalue weighted by Gasteiger charge is -1.97. The van der Waals surface area contributed by atoms with E-state index in [1.807, 2.05) is 7.05 Å². The van der Waals surface area contributed by atoms with Crippen LogP contribution in [0.1, 0.15) is 22.3 Å². The Kier molecular flexibility index (Phi) is 4.49. The second-order valence-electron chi connectivity index (χ2n) is 3.16. The fourth-order valence-electron chi connectivity index (χ4n) is 1.12. The quantitative estimate of drug-likeness (QED) is 0.600. The number of hydrogen-bond acceptors (Lipinski definition) is 2. The number of benzene rings is 1. The monoisotopic (exact) mass is 221 g/mol. The van der Waals surface area contributed by atoms with Gasteiger partial charge >= 0.3 is 5.97 Å². The Morgan fingerprint density at radius 3 is 2.94 bits per heavy atom. The molecule has 1 aromatic carbocycles. The molecule has 16 heavy (non-hydrogen) atoms. The van der Waals surface area contributed by atoms with Crippen LogP contribution in [0.4, 0.5) is 4.39 Å². The van der Waals surface area contributed by atoms with Crippen molar-refractivity contribution in [2.75, 3.05) is 13.6 Å². The summed E-state index contributed by atoms with van der Waals surface area (Å²) in [6.07, 6.45) is 0.663. The van der Waals surface area contributed by atoms with Gasteiger partial charge in [0.2, 0.25) is 0 Å². The van der Waals surface area contributed by atoms with Crippen LogP contribution in [0.5, 0.6) is 0 Å². The summed E-state index contributed by atoms with van der Waals surface area (Å²) in [5.74, 6) is 3.62. The van der Waals surface area contributed by atoms with Crippen molar-refractivity contribution in [2.45, 2.75) is 6.42 Å². The molecule has 0 radical (unpaired) electrons. The van der Waals surface area contributed by atoms with E-state index in [0.717, 1.165) is 12.6 Å². The minimum Gasteiger partial charge on any atom is -0.478 e. The van der Waals surface area contributed by atoms with Gasteiger partial charge in [-0.3, -0.25) is 0 Å². The van der Waals surface area contributed by atoms with Crippen molar-refractivity contribution in [2.24, 2.45) is 0 Å². The second-order valence-corrected chi connectivity index (χ2v) is 3.16. The van der Waals surface area contributed by atoms with E-state index in [9.17, 15) is 9.18 Å². The Bertz CT molecular complexity index is 446. The predicted molar refractivity (Wildman–Crippen MR) is 58.8 cm³/mol. The highest BCUT2D eigenvalue weighted by Crippen LogP contribution is 2.09. The van der Waals surface area contributed by atoms with Gasteiger partial charge in [-0.15, -0.1) is 0 Å². The minimum absolute atomic E-state index is 0.347. The Morgan fingerprint density at radius 2 is 2.31 bits per heavy atom. The first-order valence-corrected chi connectivity index (χ1v) is 4.81. The predicted octanol–water partition coefficient (Wildman–Crippen LogP) is 1.48. The fourth-order valence-corrected chi connectivity index (χ4v) is 1.12. The van der Waals surface area contributed by atoms with Gasteiger partial charge < -0.3 is 10.4 Å². The Hall–Kier alpha value is -1.86. The van der Waals surface area contributed by atoms with E-state index in [2.05, 4.69) is 17.2 Å². The molecule has 0 aliphatic heterocycles. The number of carboxylic acids is 1. The van der Waals surface area contributed by atoms with Crippen molar-refractivity contribution in [1.29, 1.82) is 0 Å². The van der Waals surface area contributed by atoms with E-state index in [4.69, 9.17) is 5.11 Å². The first kappa shape index (κ1) is 12.2. The molecule has 1 rings (SSSR count). The average Bonchev–Trinajstić information content (AvgIpc) is 2.26. The van der Waals surface area contributed by atoms with Crippen molar-refractivity contribution in [3.8, 4) is 11.8 Å². The molecule has 0 fully saturated rings. The van der Waals surface area contributed by atoms with Crippen LogP contribution >= 0.6 is 0 Å². The molecule has 0 heterocycles. The van der Waals surface area contributed by atoms with Crippen molar-refractivity contribution in [1.82, 2.24) is 5.32 Å². The lowest BCUT2D eigenvalue weighted by atomic mass is 10.1. The lowest BCUT2D eigenvalue weighted by Crippen LogP contribution is -2.05. The number of aromatic carboxylic acids is 1. The van der Waals surface area contributed by atoms with Crippen LogP contribution in [0, 0.1) is 17.7 Å². The highest BCUT2D eigenvalue weighted by Gasteiger charge is 2.09. The van der Waals surface area contributed by atoms with Crippen LogP contribution in [0.15, 0.2) is 18.2 Å². The van der Waals surface area contributed by atoms with Crippen molar-refractivity contribution < 1.29 is 14.3 Å². The maximum atomic E-state index is 13.0. The summed E-state index contributed by atoms with van der Waals surface area (Å²) in [6.45, 7) is 0.764. The Balaban J connectivity index is 2.85. The van der Waals surface area contributed by atoms with E-state index < -0.39 is 11.8 Å². The molecule has 0 saturated heterocycles. The van der Waals surface area contributed by atoms with E-state index in [1.165, 1.54) is 12.1 Å². The summed E-state index contributed by atoms with van der Waals surface area (Å²) >= 11 is 0. The number of carboxylic acid groups (broad SMARTS) is 1. The van der Waals surface area contributed by atoms with Crippen LogP contribution in [0.2, 0.25) is 0 Å². The fraction of sp³-hybridized carbons (Fsp3) is 0.250. The van der Waals surface area contributed by atoms with Crippen molar-refractivity contribution in [3.63, 3.8) is 0 Å². The molecule has 4 heteroatoms. The number of carbonyl (C=O) groups is 1. The van der Waals surface area contributed by atoms with Crippen LogP contribution in [0.25, 0.3) is 0 Å². The van der Waals surface area contributed by atoms with E-state index in [1.54, 1.807) is 0 Å². The summed E-state index contributed by atoms with van der Waals surface area (Å²) in [5.41, 5.74) is 0.162. The van der Waals surface area contributed by atoms with Crippen LogP contribution < -0.4 is 5.32 Å².